The van der Waals surface area contributed by atoms with Gasteiger partial charge in [-0.05, 0) is 36.5 Å². The van der Waals surface area contributed by atoms with Crippen LogP contribution in [0.5, 0.6) is 0 Å². The Morgan fingerprint density at radius 2 is 2.21 bits per heavy atom. The maximum atomic E-state index is 3.71. The van der Waals surface area contributed by atoms with Crippen LogP contribution in [0.15, 0.2) is 22.7 Å². The van der Waals surface area contributed by atoms with Crippen molar-refractivity contribution >= 4 is 21.6 Å². The summed E-state index contributed by atoms with van der Waals surface area (Å²) in [4.78, 5) is 2.51. The van der Waals surface area contributed by atoms with Crippen LogP contribution in [-0.2, 0) is 6.54 Å². The molecule has 0 aromatic heterocycles. The summed E-state index contributed by atoms with van der Waals surface area (Å²) in [5.41, 5.74) is 2.69. The second kappa shape index (κ2) is 6.76. The van der Waals surface area contributed by atoms with Gasteiger partial charge in [0.15, 0.2) is 0 Å². The molecule has 3 heteroatoms. The third-order valence-electron chi connectivity index (χ3n) is 3.76. The Balaban J connectivity index is 2.05. The molecule has 1 unspecified atom stereocenters. The van der Waals surface area contributed by atoms with Crippen LogP contribution in [-0.4, -0.2) is 19.1 Å². The Kier molecular flexibility index (Phi) is 5.28. The van der Waals surface area contributed by atoms with E-state index in [1.54, 1.807) is 0 Å². The van der Waals surface area contributed by atoms with Crippen molar-refractivity contribution in [1.82, 2.24) is 5.32 Å². The minimum absolute atomic E-state index is 0.523. The Morgan fingerprint density at radius 1 is 1.42 bits per heavy atom. The van der Waals surface area contributed by atoms with Gasteiger partial charge in [-0.1, -0.05) is 42.8 Å². The van der Waals surface area contributed by atoms with Crippen LogP contribution < -0.4 is 10.2 Å². The number of piperidine rings is 1. The zero-order valence-corrected chi connectivity index (χ0v) is 13.8. The summed E-state index contributed by atoms with van der Waals surface area (Å²) in [7, 11) is 0. The molecule has 1 N–H and O–H groups in total. The highest BCUT2D eigenvalue weighted by molar-refractivity contribution is 9.10. The van der Waals surface area contributed by atoms with Gasteiger partial charge in [-0.3, -0.25) is 0 Å². The largest absolute Gasteiger partial charge is 0.371 e. The summed E-state index contributed by atoms with van der Waals surface area (Å²) in [5.74, 6) is 0.815. The number of nitrogens with one attached hydrogen (secondary N) is 1. The molecule has 0 bridgehead atoms. The highest BCUT2D eigenvalue weighted by Gasteiger charge is 2.17. The fourth-order valence-corrected chi connectivity index (χ4v) is 3.12. The van der Waals surface area contributed by atoms with Gasteiger partial charge >= 0.3 is 0 Å². The molecular weight excluding hydrogens is 300 g/mol. The number of hydrogen-bond acceptors (Lipinski definition) is 2. The molecular formula is C16H25BrN2. The number of rotatable bonds is 4. The van der Waals surface area contributed by atoms with Gasteiger partial charge in [-0.15, -0.1) is 0 Å². The normalized spacial score (nSPS) is 20.1. The average Bonchev–Trinajstić information content (AvgIpc) is 2.37. The Hall–Kier alpha value is -0.540. The molecule has 1 aliphatic heterocycles. The Bertz CT molecular complexity index is 417. The lowest BCUT2D eigenvalue weighted by Gasteiger charge is -2.33. The van der Waals surface area contributed by atoms with Gasteiger partial charge in [0, 0.05) is 35.8 Å². The van der Waals surface area contributed by atoms with Gasteiger partial charge in [-0.25, -0.2) is 0 Å². The lowest BCUT2D eigenvalue weighted by Crippen LogP contribution is -2.34. The molecule has 2 nitrogen and oxygen atoms in total. The lowest BCUT2D eigenvalue weighted by atomic mass is 9.99. The summed E-state index contributed by atoms with van der Waals surface area (Å²) >= 11 is 3.71. The fraction of sp³-hybridized carbons (Fsp3) is 0.625. The smallest absolute Gasteiger partial charge is 0.0377 e. The first-order valence-electron chi connectivity index (χ1n) is 7.33. The first-order chi connectivity index (χ1) is 9.06. The maximum Gasteiger partial charge on any atom is 0.0377 e. The summed E-state index contributed by atoms with van der Waals surface area (Å²) in [6, 6.07) is 7.30. The van der Waals surface area contributed by atoms with E-state index in [-0.39, 0.29) is 0 Å². The average molecular weight is 325 g/mol. The van der Waals surface area contributed by atoms with Crippen molar-refractivity contribution < 1.29 is 0 Å². The minimum atomic E-state index is 0.523. The van der Waals surface area contributed by atoms with E-state index in [0.717, 1.165) is 12.5 Å². The molecule has 0 saturated carbocycles. The molecule has 1 aromatic rings. The van der Waals surface area contributed by atoms with Crippen LogP contribution in [0.3, 0.4) is 0 Å². The van der Waals surface area contributed by atoms with Crippen molar-refractivity contribution in [2.45, 2.75) is 46.2 Å². The second-order valence-electron chi connectivity index (χ2n) is 6.00. The molecule has 0 amide bonds. The molecule has 0 radical (unpaired) electrons. The molecule has 106 valence electrons. The number of nitrogens with zero attached hydrogens (tertiary/aromatic N) is 1. The van der Waals surface area contributed by atoms with E-state index < -0.39 is 0 Å². The van der Waals surface area contributed by atoms with Gasteiger partial charge in [0.25, 0.3) is 0 Å². The summed E-state index contributed by atoms with van der Waals surface area (Å²) < 4.78 is 1.22. The first kappa shape index (κ1) is 14.9. The SMILES string of the molecule is CC1CCCN(c2ccc(CNC(C)C)c(Br)c2)C1. The summed E-state index contributed by atoms with van der Waals surface area (Å²) in [6.45, 7) is 10.0. The van der Waals surface area contributed by atoms with E-state index in [2.05, 4.69) is 65.1 Å². The molecule has 1 aliphatic rings. The van der Waals surface area contributed by atoms with Crippen molar-refractivity contribution in [3.05, 3.63) is 28.2 Å². The standard InChI is InChI=1S/C16H25BrN2/c1-12(2)18-10-14-6-7-15(9-16(14)17)19-8-4-5-13(3)11-19/h6-7,9,12-13,18H,4-5,8,10-11H2,1-3H3. The van der Waals surface area contributed by atoms with E-state index >= 15 is 0 Å². The van der Waals surface area contributed by atoms with Crippen molar-refractivity contribution in [3.8, 4) is 0 Å². The van der Waals surface area contributed by atoms with Crippen LogP contribution in [0.4, 0.5) is 5.69 Å². The monoisotopic (exact) mass is 324 g/mol. The topological polar surface area (TPSA) is 15.3 Å². The van der Waals surface area contributed by atoms with E-state index in [9.17, 15) is 0 Å². The van der Waals surface area contributed by atoms with Crippen LogP contribution in [0.25, 0.3) is 0 Å². The highest BCUT2D eigenvalue weighted by Crippen LogP contribution is 2.27. The number of anilines is 1. The van der Waals surface area contributed by atoms with Gasteiger partial charge in [0.1, 0.15) is 0 Å². The quantitative estimate of drug-likeness (QED) is 0.893. The summed E-state index contributed by atoms with van der Waals surface area (Å²) in [6.07, 6.45) is 2.68. The molecule has 1 fully saturated rings. The molecule has 1 atom stereocenters. The predicted molar refractivity (Wildman–Crippen MR) is 86.7 cm³/mol. The molecule has 2 rings (SSSR count). The van der Waals surface area contributed by atoms with E-state index in [1.165, 1.54) is 41.7 Å². The van der Waals surface area contributed by atoms with E-state index in [0.29, 0.717) is 6.04 Å². The van der Waals surface area contributed by atoms with Crippen LogP contribution >= 0.6 is 15.9 Å². The predicted octanol–water partition coefficient (Wildman–Crippen LogP) is 4.18. The highest BCUT2D eigenvalue weighted by atomic mass is 79.9. The summed E-state index contributed by atoms with van der Waals surface area (Å²) in [5, 5.41) is 3.47. The van der Waals surface area contributed by atoms with Gasteiger partial charge < -0.3 is 10.2 Å². The zero-order valence-electron chi connectivity index (χ0n) is 12.2. The second-order valence-corrected chi connectivity index (χ2v) is 6.86. The van der Waals surface area contributed by atoms with Crippen molar-refractivity contribution in [2.75, 3.05) is 18.0 Å². The maximum absolute atomic E-state index is 3.71. The minimum Gasteiger partial charge on any atom is -0.371 e. The van der Waals surface area contributed by atoms with Crippen LogP contribution in [0, 0.1) is 5.92 Å². The van der Waals surface area contributed by atoms with E-state index in [1.807, 2.05) is 0 Å². The van der Waals surface area contributed by atoms with Crippen molar-refractivity contribution in [2.24, 2.45) is 5.92 Å². The Labute approximate surface area is 125 Å². The van der Waals surface area contributed by atoms with Gasteiger partial charge in [0.2, 0.25) is 0 Å². The lowest BCUT2D eigenvalue weighted by molar-refractivity contribution is 0.447. The van der Waals surface area contributed by atoms with Crippen LogP contribution in [0.2, 0.25) is 0 Å². The zero-order chi connectivity index (χ0) is 13.8. The molecule has 1 saturated heterocycles. The first-order valence-corrected chi connectivity index (χ1v) is 8.12. The van der Waals surface area contributed by atoms with Gasteiger partial charge in [0.05, 0.1) is 0 Å². The molecule has 0 spiro atoms. The molecule has 1 aromatic carbocycles. The number of benzene rings is 1. The Morgan fingerprint density at radius 3 is 2.84 bits per heavy atom. The number of halogens is 1. The van der Waals surface area contributed by atoms with Gasteiger partial charge in [-0.2, -0.15) is 0 Å². The van der Waals surface area contributed by atoms with Crippen molar-refractivity contribution in [3.63, 3.8) is 0 Å². The molecule has 1 heterocycles. The number of hydrogen-bond donors (Lipinski definition) is 1. The molecule has 0 aliphatic carbocycles. The third kappa shape index (κ3) is 4.22. The fourth-order valence-electron chi connectivity index (χ4n) is 2.61. The third-order valence-corrected chi connectivity index (χ3v) is 4.50. The molecule has 19 heavy (non-hydrogen) atoms. The van der Waals surface area contributed by atoms with E-state index in [4.69, 9.17) is 0 Å². The van der Waals surface area contributed by atoms with Crippen molar-refractivity contribution in [1.29, 1.82) is 0 Å². The van der Waals surface area contributed by atoms with Crippen LogP contribution in [0.1, 0.15) is 39.2 Å².